The lowest BCUT2D eigenvalue weighted by atomic mass is 9.85. The highest BCUT2D eigenvalue weighted by molar-refractivity contribution is 6.32. The van der Waals surface area contributed by atoms with Gasteiger partial charge in [0.15, 0.2) is 11.6 Å². The molecule has 0 saturated carbocycles. The third-order valence-electron chi connectivity index (χ3n) is 5.23. The molecule has 2 aromatic carbocycles. The Bertz CT molecular complexity index is 1090. The molecule has 0 radical (unpaired) electrons. The highest BCUT2D eigenvalue weighted by Gasteiger charge is 2.26. The van der Waals surface area contributed by atoms with Crippen LogP contribution in [-0.4, -0.2) is 55.8 Å². The van der Waals surface area contributed by atoms with Crippen LogP contribution in [0.5, 0.6) is 11.5 Å². The van der Waals surface area contributed by atoms with Crippen molar-refractivity contribution < 1.29 is 19.1 Å². The number of rotatable bonds is 11. The molecule has 0 spiro atoms. The molecule has 0 saturated heterocycles. The lowest BCUT2D eigenvalue weighted by Gasteiger charge is -2.17. The molecule has 0 bridgehead atoms. The van der Waals surface area contributed by atoms with Gasteiger partial charge in [-0.15, -0.1) is 0 Å². The number of benzene rings is 2. The number of Topliss-reactive ketones (excluding diaryl/α,β-unsaturated/α-hetero) is 2. The molecule has 1 unspecified atom stereocenters. The third kappa shape index (κ3) is 6.63. The minimum Gasteiger partial charge on any atom is -0.495 e. The van der Waals surface area contributed by atoms with E-state index in [-0.39, 0.29) is 18.0 Å². The Kier molecular flexibility index (Phi) is 8.58. The summed E-state index contributed by atoms with van der Waals surface area (Å²) in [5, 5.41) is 0.438. The predicted octanol–water partition coefficient (Wildman–Crippen LogP) is 4.92. The minimum atomic E-state index is -0.693. The summed E-state index contributed by atoms with van der Waals surface area (Å²) in [5.74, 6) is 0.144. The van der Waals surface area contributed by atoms with E-state index in [0.717, 1.165) is 6.54 Å². The maximum absolute atomic E-state index is 13.3. The van der Waals surface area contributed by atoms with Gasteiger partial charge in [-0.1, -0.05) is 17.7 Å². The molecule has 3 aromatic rings. The average Bonchev–Trinajstić information content (AvgIpc) is 2.83. The standard InChI is InChI=1S/C26H27ClN2O4/c1-29(2)14-15-33-21-7-4-18(5-8-21)24(30)17-22(26(31)19-10-12-28-13-11-19)20-6-9-23(27)25(16-20)32-3/h4-13,16,22H,14-15,17H2,1-3H3. The summed E-state index contributed by atoms with van der Waals surface area (Å²) in [5.41, 5.74) is 1.67. The van der Waals surface area contributed by atoms with E-state index in [1.54, 1.807) is 67.0 Å². The number of ether oxygens (including phenoxy) is 2. The lowest BCUT2D eigenvalue weighted by Crippen LogP contribution is -2.19. The maximum Gasteiger partial charge on any atom is 0.170 e. The number of hydrogen-bond acceptors (Lipinski definition) is 6. The summed E-state index contributed by atoms with van der Waals surface area (Å²) >= 11 is 6.17. The molecule has 33 heavy (non-hydrogen) atoms. The first-order valence-electron chi connectivity index (χ1n) is 10.6. The number of carbonyl (C=O) groups is 2. The molecule has 1 aromatic heterocycles. The predicted molar refractivity (Wildman–Crippen MR) is 129 cm³/mol. The zero-order valence-electron chi connectivity index (χ0n) is 19.0. The lowest BCUT2D eigenvalue weighted by molar-refractivity contribution is 0.0893. The van der Waals surface area contributed by atoms with Crippen molar-refractivity contribution in [1.82, 2.24) is 9.88 Å². The number of carbonyl (C=O) groups excluding carboxylic acids is 2. The second-order valence-electron chi connectivity index (χ2n) is 7.85. The molecule has 172 valence electrons. The van der Waals surface area contributed by atoms with Crippen LogP contribution in [-0.2, 0) is 0 Å². The van der Waals surface area contributed by atoms with E-state index in [2.05, 4.69) is 4.98 Å². The summed E-state index contributed by atoms with van der Waals surface area (Å²) in [6.07, 6.45) is 3.12. The summed E-state index contributed by atoms with van der Waals surface area (Å²) in [4.78, 5) is 32.5. The topological polar surface area (TPSA) is 68.7 Å². The molecule has 3 rings (SSSR count). The van der Waals surface area contributed by atoms with Crippen LogP contribution >= 0.6 is 11.6 Å². The Morgan fingerprint density at radius 1 is 1.00 bits per heavy atom. The fraction of sp³-hybridized carbons (Fsp3) is 0.269. The van der Waals surface area contributed by atoms with E-state index in [1.165, 1.54) is 7.11 Å². The fourth-order valence-corrected chi connectivity index (χ4v) is 3.55. The van der Waals surface area contributed by atoms with Gasteiger partial charge in [-0.05, 0) is 68.2 Å². The molecule has 0 N–H and O–H groups in total. The van der Waals surface area contributed by atoms with Crippen molar-refractivity contribution in [1.29, 1.82) is 0 Å². The van der Waals surface area contributed by atoms with Gasteiger partial charge in [-0.3, -0.25) is 14.6 Å². The Balaban J connectivity index is 1.82. The molecule has 0 fully saturated rings. The van der Waals surface area contributed by atoms with E-state index >= 15 is 0 Å². The normalized spacial score (nSPS) is 11.8. The monoisotopic (exact) mass is 466 g/mol. The number of ketones is 2. The summed E-state index contributed by atoms with van der Waals surface area (Å²) in [7, 11) is 5.47. The molecule has 0 amide bonds. The Morgan fingerprint density at radius 2 is 1.70 bits per heavy atom. The Morgan fingerprint density at radius 3 is 2.33 bits per heavy atom. The zero-order valence-corrected chi connectivity index (χ0v) is 19.7. The van der Waals surface area contributed by atoms with Gasteiger partial charge in [0.2, 0.25) is 0 Å². The van der Waals surface area contributed by atoms with Gasteiger partial charge in [-0.2, -0.15) is 0 Å². The minimum absolute atomic E-state index is 0.00672. The van der Waals surface area contributed by atoms with Crippen molar-refractivity contribution >= 4 is 23.2 Å². The van der Waals surface area contributed by atoms with E-state index in [9.17, 15) is 9.59 Å². The number of hydrogen-bond donors (Lipinski definition) is 0. The van der Waals surface area contributed by atoms with Crippen molar-refractivity contribution in [3.05, 3.63) is 88.7 Å². The molecule has 0 aliphatic carbocycles. The summed E-state index contributed by atoms with van der Waals surface area (Å²) < 4.78 is 11.0. The van der Waals surface area contributed by atoms with Gasteiger partial charge in [0.25, 0.3) is 0 Å². The zero-order chi connectivity index (χ0) is 23.8. The highest BCUT2D eigenvalue weighted by Crippen LogP contribution is 2.32. The largest absolute Gasteiger partial charge is 0.495 e. The van der Waals surface area contributed by atoms with Crippen LogP contribution in [0.3, 0.4) is 0 Å². The number of pyridine rings is 1. The highest BCUT2D eigenvalue weighted by atomic mass is 35.5. The fourth-order valence-electron chi connectivity index (χ4n) is 3.36. The molecule has 1 heterocycles. The summed E-state index contributed by atoms with van der Waals surface area (Å²) in [6, 6.07) is 15.4. The number of aromatic nitrogens is 1. The van der Waals surface area contributed by atoms with Crippen LogP contribution in [0, 0.1) is 0 Å². The molecular formula is C26H27ClN2O4. The van der Waals surface area contributed by atoms with E-state index < -0.39 is 5.92 Å². The first-order chi connectivity index (χ1) is 15.9. The second-order valence-corrected chi connectivity index (χ2v) is 8.26. The van der Waals surface area contributed by atoms with Crippen molar-refractivity contribution in [2.24, 2.45) is 0 Å². The van der Waals surface area contributed by atoms with E-state index in [4.69, 9.17) is 21.1 Å². The van der Waals surface area contributed by atoms with Gasteiger partial charge >= 0.3 is 0 Å². The van der Waals surface area contributed by atoms with Crippen molar-refractivity contribution in [3.63, 3.8) is 0 Å². The molecule has 7 heteroatoms. The van der Waals surface area contributed by atoms with Crippen LogP contribution in [0.15, 0.2) is 67.0 Å². The quantitative estimate of drug-likeness (QED) is 0.373. The van der Waals surface area contributed by atoms with Crippen LogP contribution in [0.2, 0.25) is 5.02 Å². The van der Waals surface area contributed by atoms with Crippen molar-refractivity contribution in [2.45, 2.75) is 12.3 Å². The van der Waals surface area contributed by atoms with Crippen LogP contribution in [0.1, 0.15) is 38.6 Å². The number of nitrogens with zero attached hydrogens (tertiary/aromatic N) is 2. The van der Waals surface area contributed by atoms with Gasteiger partial charge in [0.1, 0.15) is 18.1 Å². The van der Waals surface area contributed by atoms with Crippen LogP contribution in [0.25, 0.3) is 0 Å². The number of likely N-dealkylation sites (N-methyl/N-ethyl adjacent to an activating group) is 1. The van der Waals surface area contributed by atoms with Gasteiger partial charge in [-0.25, -0.2) is 0 Å². The molecule has 0 aliphatic heterocycles. The molecular weight excluding hydrogens is 440 g/mol. The molecule has 6 nitrogen and oxygen atoms in total. The van der Waals surface area contributed by atoms with E-state index in [0.29, 0.717) is 39.8 Å². The third-order valence-corrected chi connectivity index (χ3v) is 5.54. The second kappa shape index (κ2) is 11.6. The Labute approximate surface area is 199 Å². The van der Waals surface area contributed by atoms with Gasteiger partial charge < -0.3 is 14.4 Å². The SMILES string of the molecule is COc1cc(C(CC(=O)c2ccc(OCCN(C)C)cc2)C(=O)c2ccncc2)ccc1Cl. The first kappa shape index (κ1) is 24.4. The van der Waals surface area contributed by atoms with Crippen molar-refractivity contribution in [2.75, 3.05) is 34.4 Å². The number of methoxy groups -OCH3 is 1. The number of halogens is 1. The summed E-state index contributed by atoms with van der Waals surface area (Å²) in [6.45, 7) is 1.35. The van der Waals surface area contributed by atoms with Crippen LogP contribution < -0.4 is 9.47 Å². The maximum atomic E-state index is 13.3. The van der Waals surface area contributed by atoms with E-state index in [1.807, 2.05) is 19.0 Å². The van der Waals surface area contributed by atoms with Crippen LogP contribution in [0.4, 0.5) is 0 Å². The Hall–Kier alpha value is -3.22. The first-order valence-corrected chi connectivity index (χ1v) is 10.9. The molecule has 0 aliphatic rings. The smallest absolute Gasteiger partial charge is 0.170 e. The van der Waals surface area contributed by atoms with Gasteiger partial charge in [0, 0.05) is 36.5 Å². The van der Waals surface area contributed by atoms with Gasteiger partial charge in [0.05, 0.1) is 18.1 Å². The average molecular weight is 467 g/mol. The molecule has 1 atom stereocenters. The van der Waals surface area contributed by atoms with Crippen molar-refractivity contribution in [3.8, 4) is 11.5 Å².